The Hall–Kier alpha value is -0.650. The van der Waals surface area contributed by atoms with Gasteiger partial charge in [0.15, 0.2) is 5.54 Å². The molecule has 0 radical (unpaired) electrons. The Morgan fingerprint density at radius 1 is 1.64 bits per heavy atom. The van der Waals surface area contributed by atoms with E-state index in [9.17, 15) is 9.90 Å². The highest BCUT2D eigenvalue weighted by Gasteiger charge is 2.53. The molecular formula is C9H17NO4. The number of carbonyl (C=O) groups is 1. The van der Waals surface area contributed by atoms with Crippen LogP contribution in [0.2, 0.25) is 0 Å². The van der Waals surface area contributed by atoms with Crippen LogP contribution in [-0.4, -0.2) is 40.5 Å². The lowest BCUT2D eigenvalue weighted by Gasteiger charge is -2.21. The molecule has 1 rings (SSSR count). The van der Waals surface area contributed by atoms with E-state index in [2.05, 4.69) is 0 Å². The zero-order chi connectivity index (χ0) is 10.8. The van der Waals surface area contributed by atoms with E-state index in [1.54, 1.807) is 0 Å². The molecule has 1 aliphatic rings. The van der Waals surface area contributed by atoms with Crippen molar-refractivity contribution in [1.82, 2.24) is 0 Å². The van der Waals surface area contributed by atoms with Crippen LogP contribution in [0.3, 0.4) is 0 Å². The molecule has 0 aromatic carbocycles. The van der Waals surface area contributed by atoms with Crippen LogP contribution >= 0.6 is 0 Å². The van der Waals surface area contributed by atoms with Crippen LogP contribution in [0.1, 0.15) is 26.2 Å². The average Bonchev–Trinajstić information content (AvgIpc) is 2.40. The Balaban J connectivity index is 2.64. The number of aliphatic hydroxyl groups excluding tert-OH is 2. The van der Waals surface area contributed by atoms with Crippen LogP contribution < -0.4 is 5.73 Å². The second kappa shape index (κ2) is 4.25. The highest BCUT2D eigenvalue weighted by atomic mass is 16.6. The van der Waals surface area contributed by atoms with E-state index < -0.39 is 30.3 Å². The lowest BCUT2D eigenvalue weighted by atomic mass is 9.92. The number of carbonyl (C=O) groups excluding carboxylic acids is 1. The minimum Gasteiger partial charge on any atom is -0.458 e. The molecule has 0 aromatic rings. The second-order valence-corrected chi connectivity index (χ2v) is 3.73. The number of cyclic esters (lactones) is 1. The van der Waals surface area contributed by atoms with E-state index in [0.717, 1.165) is 12.8 Å². The number of aliphatic hydroxyl groups is 2. The van der Waals surface area contributed by atoms with Crippen LogP contribution in [0.5, 0.6) is 0 Å². The summed E-state index contributed by atoms with van der Waals surface area (Å²) in [6.45, 7) is 1.42. The maximum absolute atomic E-state index is 11.2. The minimum atomic E-state index is -1.63. The highest BCUT2D eigenvalue weighted by molar-refractivity contribution is 5.84. The molecule has 4 N–H and O–H groups in total. The lowest BCUT2D eigenvalue weighted by Crippen LogP contribution is -2.57. The normalized spacial score (nSPS) is 37.3. The van der Waals surface area contributed by atoms with Crippen molar-refractivity contribution in [3.8, 4) is 0 Å². The number of ether oxygens (including phenoxy) is 1. The summed E-state index contributed by atoms with van der Waals surface area (Å²) >= 11 is 0. The summed E-state index contributed by atoms with van der Waals surface area (Å²) in [4.78, 5) is 11.2. The molecule has 1 aliphatic heterocycles. The molecule has 82 valence electrons. The predicted molar refractivity (Wildman–Crippen MR) is 49.4 cm³/mol. The van der Waals surface area contributed by atoms with Crippen molar-refractivity contribution in [2.24, 2.45) is 5.73 Å². The molecule has 0 saturated carbocycles. The van der Waals surface area contributed by atoms with Gasteiger partial charge in [-0.05, 0) is 12.8 Å². The molecular weight excluding hydrogens is 186 g/mol. The van der Waals surface area contributed by atoms with Gasteiger partial charge in [0.05, 0.1) is 6.61 Å². The summed E-state index contributed by atoms with van der Waals surface area (Å²) in [5, 5.41) is 18.6. The molecule has 1 saturated heterocycles. The molecule has 1 fully saturated rings. The van der Waals surface area contributed by atoms with Crippen molar-refractivity contribution >= 4 is 5.97 Å². The smallest absolute Gasteiger partial charge is 0.331 e. The summed E-state index contributed by atoms with van der Waals surface area (Å²) in [5.74, 6) is -0.714. The number of hydrogen-bond acceptors (Lipinski definition) is 5. The third-order valence-corrected chi connectivity index (χ3v) is 2.62. The fourth-order valence-corrected chi connectivity index (χ4v) is 1.54. The number of esters is 1. The predicted octanol–water partition coefficient (Wildman–Crippen LogP) is -0.847. The van der Waals surface area contributed by atoms with Gasteiger partial charge in [-0.2, -0.15) is 0 Å². The van der Waals surface area contributed by atoms with Gasteiger partial charge in [0.2, 0.25) is 0 Å². The third kappa shape index (κ3) is 1.75. The minimum absolute atomic E-state index is 0.570. The summed E-state index contributed by atoms with van der Waals surface area (Å²) in [7, 11) is 0. The maximum atomic E-state index is 11.2. The molecule has 5 nitrogen and oxygen atoms in total. The number of hydrogen-bond donors (Lipinski definition) is 3. The second-order valence-electron chi connectivity index (χ2n) is 3.73. The van der Waals surface area contributed by atoms with E-state index in [0.29, 0.717) is 6.42 Å². The maximum Gasteiger partial charge on any atom is 0.331 e. The summed E-state index contributed by atoms with van der Waals surface area (Å²) in [5.41, 5.74) is 3.91. The molecule has 3 unspecified atom stereocenters. The van der Waals surface area contributed by atoms with Crippen molar-refractivity contribution in [3.05, 3.63) is 0 Å². The Bertz CT molecular complexity index is 221. The van der Waals surface area contributed by atoms with Crippen LogP contribution in [0.15, 0.2) is 0 Å². The first-order valence-corrected chi connectivity index (χ1v) is 4.85. The van der Waals surface area contributed by atoms with E-state index in [1.807, 2.05) is 6.92 Å². The Kier molecular flexibility index (Phi) is 3.47. The SMILES string of the molecule is CCCCC1OC(=O)C(N)(CO)C1O. The van der Waals surface area contributed by atoms with Gasteiger partial charge < -0.3 is 20.7 Å². The van der Waals surface area contributed by atoms with Crippen molar-refractivity contribution in [3.63, 3.8) is 0 Å². The Morgan fingerprint density at radius 2 is 2.29 bits per heavy atom. The van der Waals surface area contributed by atoms with Gasteiger partial charge in [-0.15, -0.1) is 0 Å². The Morgan fingerprint density at radius 3 is 2.71 bits per heavy atom. The monoisotopic (exact) mass is 203 g/mol. The lowest BCUT2D eigenvalue weighted by molar-refractivity contribution is -0.146. The van der Waals surface area contributed by atoms with Crippen molar-refractivity contribution < 1.29 is 19.7 Å². The van der Waals surface area contributed by atoms with Crippen molar-refractivity contribution in [2.75, 3.05) is 6.61 Å². The van der Waals surface area contributed by atoms with Gasteiger partial charge in [0.25, 0.3) is 0 Å². The third-order valence-electron chi connectivity index (χ3n) is 2.62. The topological polar surface area (TPSA) is 92.8 Å². The molecule has 0 aliphatic carbocycles. The van der Waals surface area contributed by atoms with E-state index in [1.165, 1.54) is 0 Å². The van der Waals surface area contributed by atoms with E-state index in [-0.39, 0.29) is 0 Å². The molecule has 3 atom stereocenters. The van der Waals surface area contributed by atoms with Gasteiger partial charge in [0, 0.05) is 0 Å². The number of nitrogens with two attached hydrogens (primary N) is 1. The first-order valence-electron chi connectivity index (χ1n) is 4.85. The fourth-order valence-electron chi connectivity index (χ4n) is 1.54. The zero-order valence-corrected chi connectivity index (χ0v) is 8.27. The van der Waals surface area contributed by atoms with Gasteiger partial charge >= 0.3 is 5.97 Å². The molecule has 14 heavy (non-hydrogen) atoms. The molecule has 5 heteroatoms. The molecule has 0 spiro atoms. The molecule has 0 amide bonds. The van der Waals surface area contributed by atoms with E-state index >= 15 is 0 Å². The Labute approximate surface area is 82.9 Å². The summed E-state index contributed by atoms with van der Waals surface area (Å²) in [6, 6.07) is 0. The average molecular weight is 203 g/mol. The van der Waals surface area contributed by atoms with Crippen LogP contribution in [0, 0.1) is 0 Å². The van der Waals surface area contributed by atoms with Gasteiger partial charge in [-0.1, -0.05) is 13.3 Å². The van der Waals surface area contributed by atoms with Crippen LogP contribution in [0.25, 0.3) is 0 Å². The fraction of sp³-hybridized carbons (Fsp3) is 0.889. The quantitative estimate of drug-likeness (QED) is 0.518. The number of unbranched alkanes of at least 4 members (excludes halogenated alkanes) is 1. The number of rotatable bonds is 4. The molecule has 1 heterocycles. The van der Waals surface area contributed by atoms with Crippen molar-refractivity contribution in [1.29, 1.82) is 0 Å². The van der Waals surface area contributed by atoms with Crippen LogP contribution in [0.4, 0.5) is 0 Å². The first kappa shape index (κ1) is 11.4. The van der Waals surface area contributed by atoms with E-state index in [4.69, 9.17) is 15.6 Å². The van der Waals surface area contributed by atoms with Crippen molar-refractivity contribution in [2.45, 2.75) is 43.9 Å². The van der Waals surface area contributed by atoms with Gasteiger partial charge in [-0.25, -0.2) is 4.79 Å². The van der Waals surface area contributed by atoms with Crippen LogP contribution in [-0.2, 0) is 9.53 Å². The van der Waals surface area contributed by atoms with Gasteiger partial charge in [-0.3, -0.25) is 0 Å². The standard InChI is InChI=1S/C9H17NO4/c1-2-3-4-6-7(12)9(10,5-11)8(13)14-6/h6-7,11-12H,2-5,10H2,1H3. The first-order chi connectivity index (χ1) is 6.56. The highest BCUT2D eigenvalue weighted by Crippen LogP contribution is 2.26. The largest absolute Gasteiger partial charge is 0.458 e. The molecule has 0 bridgehead atoms. The molecule has 0 aromatic heterocycles. The summed E-state index contributed by atoms with van der Waals surface area (Å²) in [6.07, 6.45) is 0.724. The zero-order valence-electron chi connectivity index (χ0n) is 8.27. The van der Waals surface area contributed by atoms with Gasteiger partial charge in [0.1, 0.15) is 12.2 Å². The summed E-state index contributed by atoms with van der Waals surface area (Å²) < 4.78 is 4.91.